The number of halogens is 3. The Kier molecular flexibility index (Phi) is 6.08. The second-order valence-electron chi connectivity index (χ2n) is 5.19. The molecular weight excluding hydrogens is 371 g/mol. The highest BCUT2D eigenvalue weighted by molar-refractivity contribution is 8.00. The van der Waals surface area contributed by atoms with Gasteiger partial charge in [0.2, 0.25) is 5.91 Å². The zero-order valence-electron chi connectivity index (χ0n) is 13.3. The maximum atomic E-state index is 13.1. The number of aryl methyl sites for hydroxylation is 1. The molecule has 9 heteroatoms. The van der Waals surface area contributed by atoms with E-state index in [1.54, 1.807) is 6.07 Å². The molecule has 2 heterocycles. The number of carbonyl (C=O) groups excluding carboxylic acids is 1. The molecule has 0 fully saturated rings. The molecule has 0 aromatic carbocycles. The molecule has 0 saturated heterocycles. The number of thiophene rings is 1. The minimum Gasteiger partial charge on any atom is -0.348 e. The summed E-state index contributed by atoms with van der Waals surface area (Å²) in [5.41, 5.74) is -1.44. The van der Waals surface area contributed by atoms with Crippen molar-refractivity contribution in [3.63, 3.8) is 0 Å². The quantitative estimate of drug-likeness (QED) is 0.779. The third-order valence-electron chi connectivity index (χ3n) is 3.22. The molecule has 1 N–H and O–H groups in total. The summed E-state index contributed by atoms with van der Waals surface area (Å²) < 4.78 is 39.2. The van der Waals surface area contributed by atoms with Crippen LogP contribution in [-0.4, -0.2) is 16.6 Å². The van der Waals surface area contributed by atoms with Crippen LogP contribution in [0.15, 0.2) is 28.6 Å². The van der Waals surface area contributed by atoms with Gasteiger partial charge in [-0.1, -0.05) is 17.8 Å². The maximum absolute atomic E-state index is 13.1. The summed E-state index contributed by atoms with van der Waals surface area (Å²) >= 11 is 2.32. The highest BCUT2D eigenvalue weighted by Gasteiger charge is 2.35. The van der Waals surface area contributed by atoms with Crippen LogP contribution in [0, 0.1) is 18.3 Å². The summed E-state index contributed by atoms with van der Waals surface area (Å²) in [6.07, 6.45) is -4.65. The smallest absolute Gasteiger partial charge is 0.348 e. The summed E-state index contributed by atoms with van der Waals surface area (Å²) in [6.45, 7) is 3.24. The second kappa shape index (κ2) is 7.89. The average Bonchev–Trinajstić information content (AvgIpc) is 3.06. The molecule has 2 rings (SSSR count). The zero-order chi connectivity index (χ0) is 18.6. The number of hydrogen-bond donors (Lipinski definition) is 1. The molecule has 4 nitrogen and oxygen atoms in total. The van der Waals surface area contributed by atoms with Crippen LogP contribution in [0.2, 0.25) is 0 Å². The summed E-state index contributed by atoms with van der Waals surface area (Å²) in [7, 11) is 0. The van der Waals surface area contributed by atoms with E-state index in [4.69, 9.17) is 5.26 Å². The van der Waals surface area contributed by atoms with Gasteiger partial charge in [0, 0.05) is 10.6 Å². The SMILES string of the molecule is Cc1cc(C(F)(F)F)c(C#N)c(SCC(=O)NC(C)c2cccs2)n1. The van der Waals surface area contributed by atoms with Gasteiger partial charge in [0.25, 0.3) is 0 Å². The number of rotatable bonds is 5. The molecule has 0 radical (unpaired) electrons. The minimum absolute atomic E-state index is 0.0891. The Morgan fingerprint density at radius 1 is 1.52 bits per heavy atom. The second-order valence-corrected chi connectivity index (χ2v) is 7.14. The standard InChI is InChI=1S/C16H14F3N3OS2/c1-9-6-12(16(17,18)19)11(7-20)15(21-9)25-8-14(23)22-10(2)13-4-3-5-24-13/h3-6,10H,8H2,1-2H3,(H,22,23). The van der Waals surface area contributed by atoms with E-state index in [9.17, 15) is 18.0 Å². The fraction of sp³-hybridized carbons (Fsp3) is 0.312. The molecule has 2 aromatic heterocycles. The molecule has 0 spiro atoms. The Bertz CT molecular complexity index is 798. The first kappa shape index (κ1) is 19.3. The first-order valence-electron chi connectivity index (χ1n) is 7.17. The van der Waals surface area contributed by atoms with Gasteiger partial charge in [-0.3, -0.25) is 4.79 Å². The maximum Gasteiger partial charge on any atom is 0.417 e. The molecule has 0 bridgehead atoms. The van der Waals surface area contributed by atoms with Crippen LogP contribution in [-0.2, 0) is 11.0 Å². The van der Waals surface area contributed by atoms with Gasteiger partial charge in [0.15, 0.2) is 0 Å². The van der Waals surface area contributed by atoms with Crippen LogP contribution in [0.4, 0.5) is 13.2 Å². The van der Waals surface area contributed by atoms with Crippen molar-refractivity contribution in [2.75, 3.05) is 5.75 Å². The third-order valence-corrected chi connectivity index (χ3v) is 5.25. The van der Waals surface area contributed by atoms with Crippen LogP contribution in [0.5, 0.6) is 0 Å². The molecule has 0 saturated carbocycles. The number of pyridine rings is 1. The molecule has 2 aromatic rings. The first-order valence-corrected chi connectivity index (χ1v) is 9.03. The number of aromatic nitrogens is 1. The Morgan fingerprint density at radius 2 is 2.24 bits per heavy atom. The Morgan fingerprint density at radius 3 is 2.80 bits per heavy atom. The molecule has 132 valence electrons. The topological polar surface area (TPSA) is 65.8 Å². The minimum atomic E-state index is -4.65. The van der Waals surface area contributed by atoms with E-state index in [2.05, 4.69) is 10.3 Å². The predicted molar refractivity (Wildman–Crippen MR) is 90.3 cm³/mol. The largest absolute Gasteiger partial charge is 0.417 e. The van der Waals surface area contributed by atoms with Crippen LogP contribution in [0.1, 0.15) is 34.7 Å². The number of nitriles is 1. The average molecular weight is 385 g/mol. The van der Waals surface area contributed by atoms with Crippen LogP contribution in [0.25, 0.3) is 0 Å². The van der Waals surface area contributed by atoms with Gasteiger partial charge in [0.05, 0.1) is 22.9 Å². The number of hydrogen-bond acceptors (Lipinski definition) is 5. The number of nitrogens with zero attached hydrogens (tertiary/aromatic N) is 2. The molecule has 1 amide bonds. The van der Waals surface area contributed by atoms with Gasteiger partial charge in [-0.15, -0.1) is 11.3 Å². The number of alkyl halides is 3. The molecule has 25 heavy (non-hydrogen) atoms. The van der Waals surface area contributed by atoms with Crippen molar-refractivity contribution in [2.24, 2.45) is 0 Å². The molecule has 1 atom stereocenters. The first-order chi connectivity index (χ1) is 11.7. The lowest BCUT2D eigenvalue weighted by molar-refractivity contribution is -0.138. The van der Waals surface area contributed by atoms with E-state index in [0.717, 1.165) is 22.7 Å². The molecule has 0 aliphatic rings. The molecular formula is C16H14F3N3OS2. The summed E-state index contributed by atoms with van der Waals surface area (Å²) in [4.78, 5) is 17.0. The van der Waals surface area contributed by atoms with Gasteiger partial charge in [-0.2, -0.15) is 18.4 Å². The van der Waals surface area contributed by atoms with E-state index < -0.39 is 17.3 Å². The Labute approximate surface area is 151 Å². The number of carbonyl (C=O) groups is 1. The van der Waals surface area contributed by atoms with E-state index in [0.29, 0.717) is 0 Å². The third kappa shape index (κ3) is 4.96. The van der Waals surface area contributed by atoms with E-state index in [-0.39, 0.29) is 28.4 Å². The summed E-state index contributed by atoms with van der Waals surface area (Å²) in [5.74, 6) is -0.468. The Balaban J connectivity index is 2.11. The number of nitrogens with one attached hydrogen (secondary N) is 1. The van der Waals surface area contributed by atoms with Crippen molar-refractivity contribution in [2.45, 2.75) is 31.1 Å². The van der Waals surface area contributed by atoms with Crippen molar-refractivity contribution in [1.82, 2.24) is 10.3 Å². The molecule has 0 aliphatic carbocycles. The Hall–Kier alpha value is -2.05. The van der Waals surface area contributed by atoms with E-state index in [1.165, 1.54) is 18.3 Å². The van der Waals surface area contributed by atoms with Crippen molar-refractivity contribution in [3.05, 3.63) is 45.3 Å². The lowest BCUT2D eigenvalue weighted by atomic mass is 10.1. The van der Waals surface area contributed by atoms with E-state index in [1.807, 2.05) is 24.4 Å². The highest BCUT2D eigenvalue weighted by atomic mass is 32.2. The summed E-state index contributed by atoms with van der Waals surface area (Å²) in [5, 5.41) is 13.7. The van der Waals surface area contributed by atoms with Crippen molar-refractivity contribution >= 4 is 29.0 Å². The van der Waals surface area contributed by atoms with Crippen LogP contribution < -0.4 is 5.32 Å². The lowest BCUT2D eigenvalue weighted by Crippen LogP contribution is -2.27. The van der Waals surface area contributed by atoms with Crippen LogP contribution >= 0.6 is 23.1 Å². The highest BCUT2D eigenvalue weighted by Crippen LogP contribution is 2.35. The molecule has 1 unspecified atom stereocenters. The summed E-state index contributed by atoms with van der Waals surface area (Å²) in [6, 6.07) is 5.94. The lowest BCUT2D eigenvalue weighted by Gasteiger charge is -2.14. The van der Waals surface area contributed by atoms with Gasteiger partial charge in [-0.25, -0.2) is 4.98 Å². The van der Waals surface area contributed by atoms with Crippen molar-refractivity contribution in [1.29, 1.82) is 5.26 Å². The van der Waals surface area contributed by atoms with E-state index >= 15 is 0 Å². The zero-order valence-corrected chi connectivity index (χ0v) is 15.0. The molecule has 0 aliphatic heterocycles. The van der Waals surface area contributed by atoms with Gasteiger partial charge in [0.1, 0.15) is 11.1 Å². The fourth-order valence-corrected chi connectivity index (χ4v) is 3.70. The predicted octanol–water partition coefficient (Wildman–Crippen LogP) is 4.31. The van der Waals surface area contributed by atoms with Crippen molar-refractivity contribution in [3.8, 4) is 6.07 Å². The monoisotopic (exact) mass is 385 g/mol. The van der Waals surface area contributed by atoms with Gasteiger partial charge in [-0.05, 0) is 31.4 Å². The van der Waals surface area contributed by atoms with Crippen LogP contribution in [0.3, 0.4) is 0 Å². The number of amides is 1. The van der Waals surface area contributed by atoms with Gasteiger partial charge >= 0.3 is 6.18 Å². The van der Waals surface area contributed by atoms with Gasteiger partial charge < -0.3 is 5.32 Å². The normalized spacial score (nSPS) is 12.5. The number of thioether (sulfide) groups is 1. The van der Waals surface area contributed by atoms with Crippen molar-refractivity contribution < 1.29 is 18.0 Å². The fourth-order valence-electron chi connectivity index (χ4n) is 2.11.